The minimum absolute atomic E-state index is 0.0633. The van der Waals surface area contributed by atoms with Crippen LogP contribution in [0.4, 0.5) is 5.69 Å². The summed E-state index contributed by atoms with van der Waals surface area (Å²) >= 11 is 13.1. The van der Waals surface area contributed by atoms with Gasteiger partial charge in [0.25, 0.3) is 0 Å². The summed E-state index contributed by atoms with van der Waals surface area (Å²) in [4.78, 5) is 22.3. The van der Waals surface area contributed by atoms with Crippen LogP contribution in [0.2, 0.25) is 5.02 Å². The largest absolute Gasteiger partial charge is 0.487 e. The fourth-order valence-corrected chi connectivity index (χ4v) is 4.12. The third-order valence-electron chi connectivity index (χ3n) is 3.63. The van der Waals surface area contributed by atoms with E-state index >= 15 is 0 Å². The molecule has 0 aromatic heterocycles. The van der Waals surface area contributed by atoms with Gasteiger partial charge in [0.15, 0.2) is 0 Å². The van der Waals surface area contributed by atoms with E-state index in [0.29, 0.717) is 29.3 Å². The maximum atomic E-state index is 11.6. The Bertz CT molecular complexity index is 835. The lowest BCUT2D eigenvalue weighted by atomic mass is 10.1. The zero-order valence-corrected chi connectivity index (χ0v) is 18.4. The molecule has 0 bridgehead atoms. The van der Waals surface area contributed by atoms with Crippen molar-refractivity contribution < 1.29 is 19.4 Å². The fraction of sp³-hybridized carbons (Fsp3) is 0.263. The van der Waals surface area contributed by atoms with Crippen LogP contribution in [0.1, 0.15) is 30.9 Å². The number of nitrogens with one attached hydrogen (secondary N) is 1. The lowest BCUT2D eigenvalue weighted by Gasteiger charge is -2.13. The van der Waals surface area contributed by atoms with Gasteiger partial charge < -0.3 is 15.2 Å². The second kappa shape index (κ2) is 10.1. The van der Waals surface area contributed by atoms with E-state index in [4.69, 9.17) is 21.4 Å². The number of hydrogen-bond acceptors (Lipinski definition) is 3. The number of benzene rings is 2. The molecule has 0 fully saturated rings. The SMILES string of the molecule is CCC(=O)Nc1cc(Cl)cc(COc2c(Br)cc(CCC(=O)O)cc2Br)c1. The van der Waals surface area contributed by atoms with Crippen LogP contribution < -0.4 is 10.1 Å². The number of carbonyl (C=O) groups is 2. The smallest absolute Gasteiger partial charge is 0.303 e. The Hall–Kier alpha value is -1.57. The zero-order chi connectivity index (χ0) is 20.0. The van der Waals surface area contributed by atoms with Crippen LogP contribution in [0.15, 0.2) is 39.3 Å². The van der Waals surface area contributed by atoms with Crippen molar-refractivity contribution >= 4 is 61.0 Å². The lowest BCUT2D eigenvalue weighted by molar-refractivity contribution is -0.137. The Morgan fingerprint density at radius 1 is 1.11 bits per heavy atom. The van der Waals surface area contributed by atoms with Gasteiger partial charge in [0, 0.05) is 23.6 Å². The molecule has 0 atom stereocenters. The van der Waals surface area contributed by atoms with E-state index in [9.17, 15) is 9.59 Å². The van der Waals surface area contributed by atoms with Crippen LogP contribution in [0.3, 0.4) is 0 Å². The molecule has 27 heavy (non-hydrogen) atoms. The molecule has 2 aromatic carbocycles. The number of rotatable bonds is 8. The summed E-state index contributed by atoms with van der Waals surface area (Å²) < 4.78 is 7.34. The van der Waals surface area contributed by atoms with E-state index in [0.717, 1.165) is 20.1 Å². The molecule has 0 spiro atoms. The minimum Gasteiger partial charge on any atom is -0.487 e. The Morgan fingerprint density at radius 3 is 2.37 bits per heavy atom. The molecule has 0 aliphatic heterocycles. The topological polar surface area (TPSA) is 75.6 Å². The molecule has 2 aromatic rings. The van der Waals surface area contributed by atoms with Crippen molar-refractivity contribution in [1.29, 1.82) is 0 Å². The fourth-order valence-electron chi connectivity index (χ4n) is 2.36. The van der Waals surface area contributed by atoms with Gasteiger partial charge in [-0.2, -0.15) is 0 Å². The molecule has 0 saturated carbocycles. The van der Waals surface area contributed by atoms with Gasteiger partial charge >= 0.3 is 5.97 Å². The highest BCUT2D eigenvalue weighted by atomic mass is 79.9. The van der Waals surface area contributed by atoms with E-state index in [1.165, 1.54) is 0 Å². The first-order valence-corrected chi connectivity index (χ1v) is 10.2. The van der Waals surface area contributed by atoms with Crippen molar-refractivity contribution in [2.24, 2.45) is 0 Å². The Labute approximate surface area is 179 Å². The van der Waals surface area contributed by atoms with Gasteiger partial charge in [-0.3, -0.25) is 9.59 Å². The van der Waals surface area contributed by atoms with Crippen LogP contribution in [-0.4, -0.2) is 17.0 Å². The van der Waals surface area contributed by atoms with Crippen LogP contribution in [-0.2, 0) is 22.6 Å². The number of anilines is 1. The molecule has 2 rings (SSSR count). The van der Waals surface area contributed by atoms with Crippen LogP contribution in [0, 0.1) is 0 Å². The number of aliphatic carboxylic acids is 1. The molecule has 5 nitrogen and oxygen atoms in total. The molecule has 0 aliphatic carbocycles. The summed E-state index contributed by atoms with van der Waals surface area (Å²) in [7, 11) is 0. The monoisotopic (exact) mass is 517 g/mol. The maximum absolute atomic E-state index is 11.6. The van der Waals surface area contributed by atoms with Gasteiger partial charge in [0.05, 0.1) is 8.95 Å². The van der Waals surface area contributed by atoms with Crippen LogP contribution in [0.5, 0.6) is 5.75 Å². The molecule has 144 valence electrons. The summed E-state index contributed by atoms with van der Waals surface area (Å²) in [5, 5.41) is 12.1. The highest BCUT2D eigenvalue weighted by Gasteiger charge is 2.11. The standard InChI is InChI=1S/C19H18Br2ClNO4/c1-2-17(24)23-14-6-12(5-13(22)9-14)10-27-19-15(20)7-11(8-16(19)21)3-4-18(25)26/h5-9H,2-4,10H2,1H3,(H,23,24)(H,25,26). The molecule has 2 N–H and O–H groups in total. The van der Waals surface area contributed by atoms with E-state index in [1.54, 1.807) is 19.1 Å². The number of halogens is 3. The van der Waals surface area contributed by atoms with Crippen molar-refractivity contribution in [3.63, 3.8) is 0 Å². The number of hydrogen-bond donors (Lipinski definition) is 2. The number of carboxylic acids is 1. The number of aryl methyl sites for hydroxylation is 1. The second-order valence-corrected chi connectivity index (χ2v) is 7.97. The van der Waals surface area contributed by atoms with Gasteiger partial charge in [-0.25, -0.2) is 0 Å². The van der Waals surface area contributed by atoms with Gasteiger partial charge in [0.2, 0.25) is 5.91 Å². The molecule has 0 heterocycles. The number of carboxylic acid groups (broad SMARTS) is 1. The average molecular weight is 520 g/mol. The number of ether oxygens (including phenoxy) is 1. The normalized spacial score (nSPS) is 10.5. The first-order valence-electron chi connectivity index (χ1n) is 8.20. The molecule has 0 saturated heterocycles. The number of amides is 1. The van der Waals surface area contributed by atoms with E-state index < -0.39 is 5.97 Å². The van der Waals surface area contributed by atoms with E-state index in [2.05, 4.69) is 37.2 Å². The highest BCUT2D eigenvalue weighted by Crippen LogP contribution is 2.36. The van der Waals surface area contributed by atoms with Crippen LogP contribution in [0.25, 0.3) is 0 Å². The average Bonchev–Trinajstić information content (AvgIpc) is 2.58. The maximum Gasteiger partial charge on any atom is 0.303 e. The van der Waals surface area contributed by atoms with Gasteiger partial charge in [-0.15, -0.1) is 0 Å². The molecule has 0 radical (unpaired) electrons. The van der Waals surface area contributed by atoms with Crippen molar-refractivity contribution in [2.75, 3.05) is 5.32 Å². The Balaban J connectivity index is 2.12. The summed E-state index contributed by atoms with van der Waals surface area (Å²) in [5.74, 6) is -0.325. The summed E-state index contributed by atoms with van der Waals surface area (Å²) in [6.07, 6.45) is 0.877. The molecular weight excluding hydrogens is 501 g/mol. The summed E-state index contributed by atoms with van der Waals surface area (Å²) in [6.45, 7) is 2.03. The molecule has 0 aliphatic rings. The lowest BCUT2D eigenvalue weighted by Crippen LogP contribution is -2.10. The van der Waals surface area contributed by atoms with E-state index in [-0.39, 0.29) is 18.9 Å². The Kier molecular flexibility index (Phi) is 8.13. The van der Waals surface area contributed by atoms with Crippen LogP contribution >= 0.6 is 43.5 Å². The summed E-state index contributed by atoms with van der Waals surface area (Å²) in [5.41, 5.74) is 2.31. The second-order valence-electron chi connectivity index (χ2n) is 5.82. The van der Waals surface area contributed by atoms with E-state index in [1.807, 2.05) is 18.2 Å². The molecule has 0 unspecified atom stereocenters. The van der Waals surface area contributed by atoms with Gasteiger partial charge in [0.1, 0.15) is 12.4 Å². The predicted octanol–water partition coefficient (Wildman–Crippen LogP) is 5.81. The zero-order valence-electron chi connectivity index (χ0n) is 14.5. The molecular formula is C19H18Br2ClNO4. The van der Waals surface area contributed by atoms with Gasteiger partial charge in [-0.1, -0.05) is 18.5 Å². The number of carbonyl (C=O) groups excluding carboxylic acids is 1. The van der Waals surface area contributed by atoms with Crippen molar-refractivity contribution in [3.8, 4) is 5.75 Å². The predicted molar refractivity (Wildman–Crippen MR) is 113 cm³/mol. The third-order valence-corrected chi connectivity index (χ3v) is 5.03. The van der Waals surface area contributed by atoms with Crippen molar-refractivity contribution in [3.05, 3.63) is 55.4 Å². The van der Waals surface area contributed by atoms with Crippen molar-refractivity contribution in [2.45, 2.75) is 32.8 Å². The van der Waals surface area contributed by atoms with Gasteiger partial charge in [-0.05, 0) is 79.7 Å². The summed E-state index contributed by atoms with van der Waals surface area (Å²) in [6, 6.07) is 8.94. The minimum atomic E-state index is -0.838. The quantitative estimate of drug-likeness (QED) is 0.462. The first kappa shape index (κ1) is 21.7. The Morgan fingerprint density at radius 2 is 1.78 bits per heavy atom. The molecule has 1 amide bonds. The first-order chi connectivity index (χ1) is 12.8. The highest BCUT2D eigenvalue weighted by molar-refractivity contribution is 9.11. The van der Waals surface area contributed by atoms with Crippen molar-refractivity contribution in [1.82, 2.24) is 0 Å². The molecule has 8 heteroatoms. The third kappa shape index (κ3) is 6.83.